The summed E-state index contributed by atoms with van der Waals surface area (Å²) in [5, 5.41) is 5.03. The molecular weight excluding hydrogens is 623 g/mol. The summed E-state index contributed by atoms with van der Waals surface area (Å²) in [6.45, 7) is 8.98. The third-order valence-electron chi connectivity index (χ3n) is 14.0. The van der Waals surface area contributed by atoms with E-state index in [4.69, 9.17) is 0 Å². The summed E-state index contributed by atoms with van der Waals surface area (Å²) in [5.74, 6) is 1.81. The number of benzene rings is 5. The molecule has 2 fully saturated rings. The monoisotopic (exact) mass is 665 g/mol. The lowest BCUT2D eigenvalue weighted by atomic mass is 9.81. The van der Waals surface area contributed by atoms with E-state index in [1.165, 1.54) is 82.7 Å². The van der Waals surface area contributed by atoms with Crippen LogP contribution in [0.1, 0.15) is 117 Å². The van der Waals surface area contributed by atoms with Gasteiger partial charge >= 0.3 is 0 Å². The average Bonchev–Trinajstić information content (AvgIpc) is 3.46. The van der Waals surface area contributed by atoms with Crippen LogP contribution in [0.5, 0.6) is 0 Å². The Morgan fingerprint density at radius 2 is 0.843 bits per heavy atom. The fraction of sp³-hybridized carbons (Fsp3) is 0.333. The molecule has 3 nitrogen and oxygen atoms in total. The highest BCUT2D eigenvalue weighted by molar-refractivity contribution is 6.31. The molecule has 3 heteroatoms. The van der Waals surface area contributed by atoms with Crippen LogP contribution < -0.4 is 0 Å². The van der Waals surface area contributed by atoms with Crippen LogP contribution in [0.15, 0.2) is 66.7 Å². The van der Waals surface area contributed by atoms with Crippen LogP contribution >= 0.6 is 0 Å². The molecule has 2 aromatic heterocycles. The average molecular weight is 666 g/mol. The summed E-state index contributed by atoms with van der Waals surface area (Å²) in [7, 11) is 0. The molecule has 2 saturated carbocycles. The van der Waals surface area contributed by atoms with Gasteiger partial charge in [0.1, 0.15) is 0 Å². The Bertz CT molecular complexity index is 2470. The van der Waals surface area contributed by atoms with Crippen molar-refractivity contribution in [2.24, 2.45) is 11.8 Å². The highest BCUT2D eigenvalue weighted by Gasteiger charge is 2.38. The van der Waals surface area contributed by atoms with Gasteiger partial charge in [0, 0.05) is 44.5 Å². The molecule has 4 bridgehead atoms. The number of nitrogens with zero attached hydrogens (tertiary/aromatic N) is 1. The molecule has 0 saturated heterocycles. The smallest absolute Gasteiger partial charge is 0.166 e. The van der Waals surface area contributed by atoms with E-state index < -0.39 is 0 Å². The molecule has 6 aliphatic carbocycles. The van der Waals surface area contributed by atoms with Crippen molar-refractivity contribution in [1.29, 1.82) is 0 Å². The number of hydrogen-bond acceptors (Lipinski definition) is 2. The van der Waals surface area contributed by atoms with Crippen LogP contribution in [0, 0.1) is 39.5 Å². The second-order valence-electron chi connectivity index (χ2n) is 16.7. The second kappa shape index (κ2) is 10.4. The van der Waals surface area contributed by atoms with Crippen LogP contribution in [0.3, 0.4) is 0 Å². The predicted octanol–water partition coefficient (Wildman–Crippen LogP) is 12.3. The fourth-order valence-corrected chi connectivity index (χ4v) is 11.5. The zero-order valence-corrected chi connectivity index (χ0v) is 30.1. The van der Waals surface area contributed by atoms with Gasteiger partial charge in [-0.05, 0) is 177 Å². The number of aryl methyl sites for hydroxylation is 4. The van der Waals surface area contributed by atoms with E-state index in [-0.39, 0.29) is 11.8 Å². The summed E-state index contributed by atoms with van der Waals surface area (Å²) < 4.78 is 2.48. The molecule has 0 unspecified atom stereocenters. The van der Waals surface area contributed by atoms with Crippen LogP contribution in [0.25, 0.3) is 60.3 Å². The van der Waals surface area contributed by atoms with E-state index in [0.29, 0.717) is 23.4 Å². The summed E-state index contributed by atoms with van der Waals surface area (Å²) in [4.78, 5) is 28.4. The lowest BCUT2D eigenvalue weighted by Gasteiger charge is -2.22. The number of carbonyl (C=O) groups is 2. The first kappa shape index (κ1) is 29.9. The fourth-order valence-electron chi connectivity index (χ4n) is 11.5. The van der Waals surface area contributed by atoms with Crippen molar-refractivity contribution in [3.8, 4) is 22.3 Å². The first-order valence-electron chi connectivity index (χ1n) is 19.4. The molecule has 0 amide bonds. The van der Waals surface area contributed by atoms with Gasteiger partial charge in [-0.15, -0.1) is 0 Å². The molecule has 6 aliphatic rings. The maximum absolute atomic E-state index is 14.2. The zero-order chi connectivity index (χ0) is 34.4. The van der Waals surface area contributed by atoms with E-state index in [9.17, 15) is 9.59 Å². The summed E-state index contributed by atoms with van der Waals surface area (Å²) in [5.41, 5.74) is 18.0. The molecule has 0 spiro atoms. The number of Topliss-reactive ketones (excluding diaryl/α,β-unsaturated/α-hetero) is 2. The molecule has 13 rings (SSSR count). The van der Waals surface area contributed by atoms with E-state index in [1.54, 1.807) is 0 Å². The van der Waals surface area contributed by atoms with Crippen molar-refractivity contribution < 1.29 is 9.59 Å². The van der Waals surface area contributed by atoms with Gasteiger partial charge in [-0.25, -0.2) is 0 Å². The second-order valence-corrected chi connectivity index (χ2v) is 16.7. The van der Waals surface area contributed by atoms with Gasteiger partial charge in [0.2, 0.25) is 0 Å². The standard InChI is InChI=1S/C48H43NO2/c1-24-7-5-8-25(2)42(24)38-21-39(43-26(3)9-6-10-27(43)4)45-37-20-33-29-13-17-31(18-14-29)48(51)35(33)23-41(37)49-40-22-34-32(19-36(40)44(38)46(45)49)28-11-15-30(16-12-28)47(34)50/h5-10,19-23,28-31H,11-18H2,1-4H3. The molecule has 51 heavy (non-hydrogen) atoms. The maximum Gasteiger partial charge on any atom is 0.166 e. The summed E-state index contributed by atoms with van der Waals surface area (Å²) in [6, 6.07) is 25.2. The minimum Gasteiger partial charge on any atom is -0.308 e. The molecule has 0 N–H and O–H groups in total. The highest BCUT2D eigenvalue weighted by atomic mass is 16.1. The SMILES string of the molecule is Cc1cccc(C)c1-c1cc(-c2c(C)cccc2C)c2c3cc4c(cc3n3c5cc6c(cc5c1c23)C1CCC(CC1)C6=O)C(=O)C1CCC4CC1. The number of fused-ring (bicyclic) bond motifs is 10. The minimum atomic E-state index is 0.135. The first-order valence-corrected chi connectivity index (χ1v) is 19.4. The van der Waals surface area contributed by atoms with Crippen molar-refractivity contribution in [2.75, 3.05) is 0 Å². The minimum absolute atomic E-state index is 0.135. The summed E-state index contributed by atoms with van der Waals surface area (Å²) in [6.07, 6.45) is 8.38. The Labute approximate surface area is 299 Å². The number of carbonyl (C=O) groups excluding carboxylic acids is 2. The van der Waals surface area contributed by atoms with Gasteiger partial charge in [-0.1, -0.05) is 36.4 Å². The highest BCUT2D eigenvalue weighted by Crippen LogP contribution is 2.54. The Morgan fingerprint density at radius 3 is 1.24 bits per heavy atom. The molecule has 0 aliphatic heterocycles. The van der Waals surface area contributed by atoms with Gasteiger partial charge in [0.25, 0.3) is 0 Å². The van der Waals surface area contributed by atoms with Crippen molar-refractivity contribution in [3.05, 3.63) is 111 Å². The molecular formula is C48H43NO2. The number of hydrogen-bond donors (Lipinski definition) is 0. The maximum atomic E-state index is 14.2. The molecule has 5 aromatic carbocycles. The Hall–Kier alpha value is -4.76. The van der Waals surface area contributed by atoms with Crippen molar-refractivity contribution in [2.45, 2.75) is 90.9 Å². The summed E-state index contributed by atoms with van der Waals surface area (Å²) >= 11 is 0. The lowest BCUT2D eigenvalue weighted by Crippen LogP contribution is -2.15. The largest absolute Gasteiger partial charge is 0.308 e. The molecule has 252 valence electrons. The van der Waals surface area contributed by atoms with E-state index in [1.807, 2.05) is 0 Å². The molecule has 7 aromatic rings. The molecule has 0 radical (unpaired) electrons. The van der Waals surface area contributed by atoms with Gasteiger partial charge in [-0.3, -0.25) is 9.59 Å². The molecule has 2 heterocycles. The number of aromatic nitrogens is 1. The Kier molecular flexibility index (Phi) is 6.11. The first-order chi connectivity index (χ1) is 24.8. The Balaban J connectivity index is 1.40. The quantitative estimate of drug-likeness (QED) is 0.184. The van der Waals surface area contributed by atoms with Gasteiger partial charge < -0.3 is 4.40 Å². The van der Waals surface area contributed by atoms with Crippen molar-refractivity contribution in [1.82, 2.24) is 4.40 Å². The van der Waals surface area contributed by atoms with Crippen LogP contribution in [-0.4, -0.2) is 16.0 Å². The third-order valence-corrected chi connectivity index (χ3v) is 14.0. The van der Waals surface area contributed by atoms with Crippen LogP contribution in [0.4, 0.5) is 0 Å². The van der Waals surface area contributed by atoms with E-state index in [2.05, 4.69) is 98.8 Å². The topological polar surface area (TPSA) is 38.5 Å². The number of rotatable bonds is 2. The van der Waals surface area contributed by atoms with Gasteiger partial charge in [0.15, 0.2) is 11.6 Å². The van der Waals surface area contributed by atoms with Crippen molar-refractivity contribution in [3.63, 3.8) is 0 Å². The van der Waals surface area contributed by atoms with E-state index in [0.717, 1.165) is 73.5 Å². The van der Waals surface area contributed by atoms with Crippen LogP contribution in [-0.2, 0) is 0 Å². The molecule has 0 atom stereocenters. The van der Waals surface area contributed by atoms with Crippen LogP contribution in [0.2, 0.25) is 0 Å². The zero-order valence-electron chi connectivity index (χ0n) is 30.1. The lowest BCUT2D eigenvalue weighted by molar-refractivity contribution is 0.0891. The van der Waals surface area contributed by atoms with Gasteiger partial charge in [-0.2, -0.15) is 0 Å². The van der Waals surface area contributed by atoms with Gasteiger partial charge in [0.05, 0.1) is 16.6 Å². The number of ketones is 2. The third kappa shape index (κ3) is 3.90. The normalized spacial score (nSPS) is 22.7. The van der Waals surface area contributed by atoms with Crippen molar-refractivity contribution >= 4 is 49.7 Å². The van der Waals surface area contributed by atoms with E-state index >= 15 is 0 Å². The predicted molar refractivity (Wildman–Crippen MR) is 209 cm³/mol. The Morgan fingerprint density at radius 1 is 0.471 bits per heavy atom.